The predicted octanol–water partition coefficient (Wildman–Crippen LogP) is 2.62. The van der Waals surface area contributed by atoms with E-state index in [2.05, 4.69) is 50.8 Å². The van der Waals surface area contributed by atoms with Gasteiger partial charge in [-0.3, -0.25) is 4.90 Å². The lowest BCUT2D eigenvalue weighted by molar-refractivity contribution is 0.0177. The molecule has 2 rings (SSSR count). The number of hydrogen-bond donors (Lipinski definition) is 1. The minimum Gasteiger partial charge on any atom is -0.379 e. The van der Waals surface area contributed by atoms with E-state index in [1.807, 2.05) is 0 Å². The minimum absolute atomic E-state index is 0.173. The van der Waals surface area contributed by atoms with Crippen LogP contribution in [0, 0.1) is 6.92 Å². The molecule has 112 valence electrons. The molecule has 1 heterocycles. The molecule has 1 aromatic rings. The van der Waals surface area contributed by atoms with E-state index in [9.17, 15) is 0 Å². The van der Waals surface area contributed by atoms with Crippen molar-refractivity contribution in [3.05, 3.63) is 34.9 Å². The van der Waals surface area contributed by atoms with E-state index in [1.54, 1.807) is 0 Å². The summed E-state index contributed by atoms with van der Waals surface area (Å²) in [6, 6.07) is 7.13. The lowest BCUT2D eigenvalue weighted by atomic mass is 9.84. The fourth-order valence-electron chi connectivity index (χ4n) is 2.83. The predicted molar refractivity (Wildman–Crippen MR) is 84.1 cm³/mol. The number of aryl methyl sites for hydroxylation is 1. The van der Waals surface area contributed by atoms with Gasteiger partial charge in [0.25, 0.3) is 0 Å². The molecule has 1 aliphatic heterocycles. The molecule has 0 saturated carbocycles. The molecule has 0 radical (unpaired) electrons. The van der Waals surface area contributed by atoms with Crippen molar-refractivity contribution < 1.29 is 4.74 Å². The molecule has 20 heavy (non-hydrogen) atoms. The average molecular weight is 276 g/mol. The summed E-state index contributed by atoms with van der Waals surface area (Å²) in [5.41, 5.74) is 10.3. The van der Waals surface area contributed by atoms with E-state index >= 15 is 0 Å². The lowest BCUT2D eigenvalue weighted by Crippen LogP contribution is -2.42. The second kappa shape index (κ2) is 6.25. The highest BCUT2D eigenvalue weighted by atomic mass is 16.5. The third kappa shape index (κ3) is 3.40. The topological polar surface area (TPSA) is 38.5 Å². The molecule has 0 amide bonds. The fourth-order valence-corrected chi connectivity index (χ4v) is 2.83. The first-order valence-corrected chi connectivity index (χ1v) is 7.56. The molecule has 1 aliphatic rings. The van der Waals surface area contributed by atoms with Crippen molar-refractivity contribution in [3.8, 4) is 0 Å². The van der Waals surface area contributed by atoms with Crippen LogP contribution in [0.1, 0.15) is 43.5 Å². The van der Waals surface area contributed by atoms with Crippen LogP contribution in [-0.4, -0.2) is 37.7 Å². The Morgan fingerprint density at radius 3 is 2.45 bits per heavy atom. The Morgan fingerprint density at radius 2 is 1.90 bits per heavy atom. The van der Waals surface area contributed by atoms with Crippen molar-refractivity contribution in [2.45, 2.75) is 39.2 Å². The Balaban J connectivity index is 2.32. The van der Waals surface area contributed by atoms with Crippen molar-refractivity contribution in [1.29, 1.82) is 0 Å². The first-order valence-electron chi connectivity index (χ1n) is 7.56. The zero-order chi connectivity index (χ0) is 14.8. The largest absolute Gasteiger partial charge is 0.379 e. The summed E-state index contributed by atoms with van der Waals surface area (Å²) in [4.78, 5) is 2.46. The third-order valence-electron chi connectivity index (χ3n) is 4.21. The van der Waals surface area contributed by atoms with Crippen molar-refractivity contribution in [2.75, 3.05) is 32.8 Å². The molecule has 2 N–H and O–H groups in total. The van der Waals surface area contributed by atoms with Crippen LogP contribution in [0.4, 0.5) is 0 Å². The third-order valence-corrected chi connectivity index (χ3v) is 4.21. The maximum atomic E-state index is 6.08. The molecule has 1 saturated heterocycles. The van der Waals surface area contributed by atoms with Crippen LogP contribution in [-0.2, 0) is 10.2 Å². The van der Waals surface area contributed by atoms with E-state index < -0.39 is 0 Å². The number of hydrogen-bond acceptors (Lipinski definition) is 3. The van der Waals surface area contributed by atoms with Gasteiger partial charge >= 0.3 is 0 Å². The Labute approximate surface area is 123 Å². The average Bonchev–Trinajstić information content (AvgIpc) is 2.41. The van der Waals surface area contributed by atoms with Crippen LogP contribution in [0.5, 0.6) is 0 Å². The monoisotopic (exact) mass is 276 g/mol. The smallest absolute Gasteiger partial charge is 0.0594 e. The van der Waals surface area contributed by atoms with E-state index in [-0.39, 0.29) is 5.41 Å². The van der Waals surface area contributed by atoms with Gasteiger partial charge in [0.05, 0.1) is 13.2 Å². The number of ether oxygens (including phenoxy) is 1. The second-order valence-electron chi connectivity index (χ2n) is 6.72. The zero-order valence-electron chi connectivity index (χ0n) is 13.3. The molecular weight excluding hydrogens is 248 g/mol. The molecular formula is C17H28N2O. The summed E-state index contributed by atoms with van der Waals surface area (Å²) in [5, 5.41) is 0. The Morgan fingerprint density at radius 1 is 1.25 bits per heavy atom. The van der Waals surface area contributed by atoms with Gasteiger partial charge in [0.2, 0.25) is 0 Å². The van der Waals surface area contributed by atoms with Gasteiger partial charge in [0.1, 0.15) is 0 Å². The van der Waals surface area contributed by atoms with Crippen LogP contribution in [0.15, 0.2) is 18.2 Å². The van der Waals surface area contributed by atoms with Crippen LogP contribution < -0.4 is 5.73 Å². The van der Waals surface area contributed by atoms with E-state index in [0.717, 1.165) is 26.3 Å². The molecule has 1 aromatic carbocycles. The van der Waals surface area contributed by atoms with Gasteiger partial charge in [-0.25, -0.2) is 0 Å². The maximum Gasteiger partial charge on any atom is 0.0594 e. The molecule has 0 bridgehead atoms. The van der Waals surface area contributed by atoms with Gasteiger partial charge in [-0.05, 0) is 29.0 Å². The molecule has 0 aromatic heterocycles. The standard InChI is InChI=1S/C17H28N2O/c1-13-5-6-14(17(2,3)4)11-15(13)16(12-18)19-7-9-20-10-8-19/h5-6,11,16H,7-10,12,18H2,1-4H3. The van der Waals surface area contributed by atoms with Gasteiger partial charge < -0.3 is 10.5 Å². The Hall–Kier alpha value is -0.900. The van der Waals surface area contributed by atoms with Crippen molar-refractivity contribution in [1.82, 2.24) is 4.90 Å². The van der Waals surface area contributed by atoms with Gasteiger partial charge in [0.15, 0.2) is 0 Å². The number of benzene rings is 1. The van der Waals surface area contributed by atoms with Crippen LogP contribution in [0.3, 0.4) is 0 Å². The minimum atomic E-state index is 0.173. The summed E-state index contributed by atoms with van der Waals surface area (Å²) < 4.78 is 5.46. The second-order valence-corrected chi connectivity index (χ2v) is 6.72. The van der Waals surface area contributed by atoms with Gasteiger partial charge in [0, 0.05) is 25.7 Å². The van der Waals surface area contributed by atoms with Gasteiger partial charge in [-0.15, -0.1) is 0 Å². The quantitative estimate of drug-likeness (QED) is 0.922. The van der Waals surface area contributed by atoms with Gasteiger partial charge in [-0.2, -0.15) is 0 Å². The maximum absolute atomic E-state index is 6.08. The Kier molecular flexibility index (Phi) is 4.84. The van der Waals surface area contributed by atoms with Crippen molar-refractivity contribution in [2.24, 2.45) is 5.73 Å². The first-order chi connectivity index (χ1) is 9.43. The Bertz CT molecular complexity index is 445. The molecule has 0 aliphatic carbocycles. The van der Waals surface area contributed by atoms with Crippen LogP contribution >= 0.6 is 0 Å². The first kappa shape index (κ1) is 15.5. The summed E-state index contributed by atoms with van der Waals surface area (Å²) in [7, 11) is 0. The highest BCUT2D eigenvalue weighted by Gasteiger charge is 2.24. The van der Waals surface area contributed by atoms with Crippen LogP contribution in [0.2, 0.25) is 0 Å². The van der Waals surface area contributed by atoms with Gasteiger partial charge in [-0.1, -0.05) is 39.0 Å². The summed E-state index contributed by atoms with van der Waals surface area (Å²) in [6.45, 7) is 13.2. The molecule has 3 nitrogen and oxygen atoms in total. The highest BCUT2D eigenvalue weighted by Crippen LogP contribution is 2.29. The number of morpholine rings is 1. The molecule has 3 heteroatoms. The van der Waals surface area contributed by atoms with Crippen LogP contribution in [0.25, 0.3) is 0 Å². The summed E-state index contributed by atoms with van der Waals surface area (Å²) in [6.07, 6.45) is 0. The molecule has 0 spiro atoms. The summed E-state index contributed by atoms with van der Waals surface area (Å²) in [5.74, 6) is 0. The van der Waals surface area contributed by atoms with Crippen molar-refractivity contribution >= 4 is 0 Å². The molecule has 1 atom stereocenters. The summed E-state index contributed by atoms with van der Waals surface area (Å²) >= 11 is 0. The number of nitrogens with two attached hydrogens (primary N) is 1. The van der Waals surface area contributed by atoms with E-state index in [0.29, 0.717) is 12.6 Å². The zero-order valence-corrected chi connectivity index (χ0v) is 13.3. The normalized spacial score (nSPS) is 19.1. The van der Waals surface area contributed by atoms with Crippen molar-refractivity contribution in [3.63, 3.8) is 0 Å². The lowest BCUT2D eigenvalue weighted by Gasteiger charge is -2.35. The molecule has 1 fully saturated rings. The van der Waals surface area contributed by atoms with E-state index in [4.69, 9.17) is 10.5 Å². The van der Waals surface area contributed by atoms with E-state index in [1.165, 1.54) is 16.7 Å². The highest BCUT2D eigenvalue weighted by molar-refractivity contribution is 5.36. The fraction of sp³-hybridized carbons (Fsp3) is 0.647. The number of nitrogens with zero attached hydrogens (tertiary/aromatic N) is 1. The SMILES string of the molecule is Cc1ccc(C(C)(C)C)cc1C(CN)N1CCOCC1. The number of rotatable bonds is 3. The molecule has 1 unspecified atom stereocenters.